The number of nitrogens with two attached hydrogens (primary N) is 1. The second-order valence-electron chi connectivity index (χ2n) is 2.78. The number of hydrogen-bond acceptors (Lipinski definition) is 2. The van der Waals surface area contributed by atoms with E-state index in [1.54, 1.807) is 0 Å². The summed E-state index contributed by atoms with van der Waals surface area (Å²) in [4.78, 5) is 9.98. The predicted molar refractivity (Wildman–Crippen MR) is 44.0 cm³/mol. The Morgan fingerprint density at radius 1 is 1.64 bits per heavy atom. The maximum Gasteiger partial charge on any atom is 0.404 e. The molecule has 0 aliphatic heterocycles. The van der Waals surface area contributed by atoms with E-state index in [4.69, 9.17) is 10.8 Å². The van der Waals surface area contributed by atoms with Gasteiger partial charge in [-0.1, -0.05) is 0 Å². The second kappa shape index (κ2) is 4.41. The highest BCUT2D eigenvalue weighted by Gasteiger charge is 2.25. The van der Waals surface area contributed by atoms with Gasteiger partial charge in [-0.05, 0) is 18.8 Å². The fraction of sp³-hybridized carbons (Fsp3) is 0.833. The molecule has 0 radical (unpaired) electrons. The molecule has 66 valence electrons. The molecule has 1 saturated carbocycles. The molecule has 0 unspecified atom stereocenters. The van der Waals surface area contributed by atoms with E-state index in [-0.39, 0.29) is 12.4 Å². The van der Waals surface area contributed by atoms with Crippen molar-refractivity contribution in [3.63, 3.8) is 0 Å². The molecule has 4 nitrogen and oxygen atoms in total. The minimum absolute atomic E-state index is 0. The molecular formula is C6H13ClN2O2. The summed E-state index contributed by atoms with van der Waals surface area (Å²) in [5, 5.41) is 10.5. The SMILES string of the molecule is Cl.N[C@H]1C[C@H](CNC(=O)O)C1. The van der Waals surface area contributed by atoms with Gasteiger partial charge in [0.15, 0.2) is 0 Å². The van der Waals surface area contributed by atoms with Crippen molar-refractivity contribution >= 4 is 18.5 Å². The van der Waals surface area contributed by atoms with E-state index in [1.165, 1.54) is 0 Å². The third-order valence-electron chi connectivity index (χ3n) is 1.81. The molecule has 11 heavy (non-hydrogen) atoms. The van der Waals surface area contributed by atoms with Gasteiger partial charge in [0.05, 0.1) is 0 Å². The smallest absolute Gasteiger partial charge is 0.404 e. The van der Waals surface area contributed by atoms with Crippen LogP contribution in [0.4, 0.5) is 4.79 Å². The van der Waals surface area contributed by atoms with Crippen LogP contribution >= 0.6 is 12.4 Å². The zero-order valence-electron chi connectivity index (χ0n) is 6.12. The van der Waals surface area contributed by atoms with E-state index >= 15 is 0 Å². The molecule has 0 aromatic heterocycles. The topological polar surface area (TPSA) is 75.3 Å². The molecule has 0 spiro atoms. The van der Waals surface area contributed by atoms with Crippen LogP contribution in [-0.4, -0.2) is 23.8 Å². The number of carboxylic acid groups (broad SMARTS) is 1. The third-order valence-corrected chi connectivity index (χ3v) is 1.81. The molecule has 0 bridgehead atoms. The van der Waals surface area contributed by atoms with Crippen LogP contribution < -0.4 is 11.1 Å². The standard InChI is InChI=1S/C6H12N2O2.ClH/c7-5-1-4(2-5)3-8-6(9)10;/h4-5,8H,1-3,7H2,(H,9,10);1H/t4-,5-;. The van der Waals surface area contributed by atoms with Crippen molar-refractivity contribution in [2.45, 2.75) is 18.9 Å². The predicted octanol–water partition coefficient (Wildman–Crippen LogP) is 0.413. The fourth-order valence-corrected chi connectivity index (χ4v) is 1.19. The van der Waals surface area contributed by atoms with E-state index in [1.807, 2.05) is 0 Å². The lowest BCUT2D eigenvalue weighted by molar-refractivity contribution is 0.184. The average molecular weight is 181 g/mol. The monoisotopic (exact) mass is 180 g/mol. The zero-order chi connectivity index (χ0) is 7.56. The lowest BCUT2D eigenvalue weighted by atomic mass is 9.81. The first-order valence-corrected chi connectivity index (χ1v) is 3.41. The molecule has 1 amide bonds. The van der Waals surface area contributed by atoms with Crippen LogP contribution in [-0.2, 0) is 0 Å². The van der Waals surface area contributed by atoms with Gasteiger partial charge in [0.2, 0.25) is 0 Å². The largest absolute Gasteiger partial charge is 0.465 e. The summed E-state index contributed by atoms with van der Waals surface area (Å²) in [7, 11) is 0. The number of amides is 1. The molecule has 0 heterocycles. The summed E-state index contributed by atoms with van der Waals surface area (Å²) in [5.41, 5.74) is 5.50. The van der Waals surface area contributed by atoms with Crippen LogP contribution in [0.25, 0.3) is 0 Å². The number of halogens is 1. The summed E-state index contributed by atoms with van der Waals surface area (Å²) in [5.74, 6) is 0.478. The number of hydrogen-bond donors (Lipinski definition) is 3. The van der Waals surface area contributed by atoms with Crippen molar-refractivity contribution in [3.8, 4) is 0 Å². The first kappa shape index (κ1) is 10.5. The van der Waals surface area contributed by atoms with Crippen LogP contribution in [0.2, 0.25) is 0 Å². The lowest BCUT2D eigenvalue weighted by Gasteiger charge is -2.31. The van der Waals surface area contributed by atoms with Gasteiger partial charge in [-0.3, -0.25) is 0 Å². The fourth-order valence-electron chi connectivity index (χ4n) is 1.19. The number of rotatable bonds is 2. The zero-order valence-corrected chi connectivity index (χ0v) is 6.93. The van der Waals surface area contributed by atoms with Gasteiger partial charge in [0.25, 0.3) is 0 Å². The summed E-state index contributed by atoms with van der Waals surface area (Å²) >= 11 is 0. The van der Waals surface area contributed by atoms with Crippen molar-refractivity contribution in [1.82, 2.24) is 5.32 Å². The molecule has 0 aromatic carbocycles. The maximum atomic E-state index is 9.98. The summed E-state index contributed by atoms with van der Waals surface area (Å²) < 4.78 is 0. The normalized spacial score (nSPS) is 28.1. The molecule has 4 N–H and O–H groups in total. The Kier molecular flexibility index (Phi) is 4.22. The Morgan fingerprint density at radius 3 is 2.55 bits per heavy atom. The van der Waals surface area contributed by atoms with E-state index in [9.17, 15) is 4.79 Å². The van der Waals surface area contributed by atoms with Gasteiger partial charge in [-0.2, -0.15) is 0 Å². The van der Waals surface area contributed by atoms with Crippen LogP contribution in [0.3, 0.4) is 0 Å². The highest BCUT2D eigenvalue weighted by atomic mass is 35.5. The molecule has 1 aliphatic rings. The molecule has 5 heteroatoms. The van der Waals surface area contributed by atoms with Gasteiger partial charge in [-0.25, -0.2) is 4.79 Å². The van der Waals surface area contributed by atoms with Crippen molar-refractivity contribution in [2.24, 2.45) is 11.7 Å². The van der Waals surface area contributed by atoms with Gasteiger partial charge >= 0.3 is 6.09 Å². The Bertz CT molecular complexity index is 137. The van der Waals surface area contributed by atoms with Crippen LogP contribution in [0, 0.1) is 5.92 Å². The van der Waals surface area contributed by atoms with Crippen LogP contribution in [0.15, 0.2) is 0 Å². The molecule has 1 rings (SSSR count). The molecule has 0 atom stereocenters. The first-order chi connectivity index (χ1) is 4.68. The molecular weight excluding hydrogens is 168 g/mol. The summed E-state index contributed by atoms with van der Waals surface area (Å²) in [6.07, 6.45) is 0.973. The lowest BCUT2D eigenvalue weighted by Crippen LogP contribution is -2.42. The van der Waals surface area contributed by atoms with Crippen molar-refractivity contribution < 1.29 is 9.90 Å². The Balaban J connectivity index is 0.000001000. The highest BCUT2D eigenvalue weighted by molar-refractivity contribution is 5.85. The van der Waals surface area contributed by atoms with Crippen molar-refractivity contribution in [1.29, 1.82) is 0 Å². The maximum absolute atomic E-state index is 9.98. The minimum Gasteiger partial charge on any atom is -0.465 e. The summed E-state index contributed by atoms with van der Waals surface area (Å²) in [6, 6.07) is 0.306. The molecule has 1 fully saturated rings. The van der Waals surface area contributed by atoms with E-state index in [0.717, 1.165) is 12.8 Å². The Labute approximate surface area is 71.6 Å². The van der Waals surface area contributed by atoms with Gasteiger partial charge in [0.1, 0.15) is 0 Å². The number of carbonyl (C=O) groups is 1. The van der Waals surface area contributed by atoms with Gasteiger partial charge in [0, 0.05) is 12.6 Å². The Morgan fingerprint density at radius 2 is 2.18 bits per heavy atom. The summed E-state index contributed by atoms with van der Waals surface area (Å²) in [6.45, 7) is 0.559. The van der Waals surface area contributed by atoms with Gasteiger partial charge < -0.3 is 16.2 Å². The van der Waals surface area contributed by atoms with Crippen LogP contribution in [0.5, 0.6) is 0 Å². The Hall–Kier alpha value is -0.480. The first-order valence-electron chi connectivity index (χ1n) is 3.41. The highest BCUT2D eigenvalue weighted by Crippen LogP contribution is 2.24. The van der Waals surface area contributed by atoms with Crippen molar-refractivity contribution in [2.75, 3.05) is 6.54 Å². The van der Waals surface area contributed by atoms with E-state index in [2.05, 4.69) is 5.32 Å². The molecule has 0 aromatic rings. The molecule has 0 saturated heterocycles. The average Bonchev–Trinajstić information content (AvgIpc) is 1.77. The van der Waals surface area contributed by atoms with E-state index < -0.39 is 6.09 Å². The minimum atomic E-state index is -0.944. The van der Waals surface area contributed by atoms with Crippen LogP contribution in [0.1, 0.15) is 12.8 Å². The second-order valence-corrected chi connectivity index (χ2v) is 2.78. The quantitative estimate of drug-likeness (QED) is 0.576. The van der Waals surface area contributed by atoms with Gasteiger partial charge in [-0.15, -0.1) is 12.4 Å². The van der Waals surface area contributed by atoms with E-state index in [0.29, 0.717) is 18.5 Å². The number of nitrogens with one attached hydrogen (secondary N) is 1. The van der Waals surface area contributed by atoms with Crippen molar-refractivity contribution in [3.05, 3.63) is 0 Å². The third kappa shape index (κ3) is 3.43. The molecule has 1 aliphatic carbocycles.